The van der Waals surface area contributed by atoms with E-state index in [2.05, 4.69) is 0 Å². The summed E-state index contributed by atoms with van der Waals surface area (Å²) >= 11 is 0. The quantitative estimate of drug-likeness (QED) is 0.539. The molecule has 0 aromatic heterocycles. The van der Waals surface area contributed by atoms with E-state index in [1.807, 2.05) is 0 Å². The van der Waals surface area contributed by atoms with Gasteiger partial charge in [0.05, 0.1) is 12.4 Å². The van der Waals surface area contributed by atoms with Gasteiger partial charge < -0.3 is 17.7 Å². The standard InChI is InChI=1S/C10H10BF4O.K/c12-10-5-8(16-6-7-1-2-7)3-4-9(10)11(13,14)15;/h3-5,7H,1-2,6H2;/q-1;+1. The Kier molecular flexibility index (Phi) is 5.52. The predicted octanol–water partition coefficient (Wildman–Crippen LogP) is -0.327. The zero-order valence-corrected chi connectivity index (χ0v) is 12.6. The van der Waals surface area contributed by atoms with E-state index >= 15 is 0 Å². The number of halogens is 4. The van der Waals surface area contributed by atoms with Gasteiger partial charge >= 0.3 is 58.4 Å². The van der Waals surface area contributed by atoms with Gasteiger partial charge in [-0.1, -0.05) is 11.5 Å². The third-order valence-electron chi connectivity index (χ3n) is 2.51. The number of rotatable bonds is 4. The SMILES string of the molecule is Fc1cc(OCC2CC2)ccc1[B-](F)(F)F.[K+]. The van der Waals surface area contributed by atoms with Crippen LogP contribution in [-0.2, 0) is 0 Å². The smallest absolute Gasteiger partial charge is 0.493 e. The minimum atomic E-state index is -5.29. The second kappa shape index (κ2) is 6.06. The summed E-state index contributed by atoms with van der Waals surface area (Å²) in [6.07, 6.45) is 2.15. The van der Waals surface area contributed by atoms with Gasteiger partial charge in [0, 0.05) is 6.07 Å². The van der Waals surface area contributed by atoms with Crippen molar-refractivity contribution in [2.75, 3.05) is 6.61 Å². The Morgan fingerprint density at radius 2 is 1.88 bits per heavy atom. The molecule has 0 N–H and O–H groups in total. The van der Waals surface area contributed by atoms with E-state index < -0.39 is 18.3 Å². The molecule has 0 atom stereocenters. The first-order chi connectivity index (χ1) is 7.47. The van der Waals surface area contributed by atoms with Gasteiger partial charge in [0.1, 0.15) is 5.75 Å². The molecule has 1 nitrogen and oxygen atoms in total. The van der Waals surface area contributed by atoms with Crippen LogP contribution in [0.5, 0.6) is 5.75 Å². The van der Waals surface area contributed by atoms with Crippen molar-refractivity contribution in [2.24, 2.45) is 5.92 Å². The molecule has 0 saturated heterocycles. The molecular weight excluding hydrogens is 262 g/mol. The fourth-order valence-electron chi connectivity index (χ4n) is 1.36. The van der Waals surface area contributed by atoms with E-state index in [0.29, 0.717) is 12.5 Å². The summed E-state index contributed by atoms with van der Waals surface area (Å²) in [6.45, 7) is -4.83. The second-order valence-electron chi connectivity index (χ2n) is 4.01. The molecule has 2 rings (SSSR count). The van der Waals surface area contributed by atoms with Crippen LogP contribution >= 0.6 is 0 Å². The third kappa shape index (κ3) is 4.55. The molecule has 88 valence electrons. The maximum Gasteiger partial charge on any atom is 1.00 e. The van der Waals surface area contributed by atoms with Gasteiger partial charge in [-0.3, -0.25) is 0 Å². The number of hydrogen-bond donors (Lipinski definition) is 0. The van der Waals surface area contributed by atoms with E-state index in [1.54, 1.807) is 0 Å². The van der Waals surface area contributed by atoms with Crippen molar-refractivity contribution in [3.05, 3.63) is 24.0 Å². The van der Waals surface area contributed by atoms with Crippen LogP contribution in [0, 0.1) is 11.7 Å². The van der Waals surface area contributed by atoms with Crippen LogP contribution in [0.15, 0.2) is 18.2 Å². The van der Waals surface area contributed by atoms with Gasteiger partial charge in [0.25, 0.3) is 0 Å². The Bertz CT molecular complexity index is 392. The third-order valence-corrected chi connectivity index (χ3v) is 2.51. The average molecular weight is 272 g/mol. The average Bonchev–Trinajstić information content (AvgIpc) is 2.96. The van der Waals surface area contributed by atoms with Crippen LogP contribution in [0.3, 0.4) is 0 Å². The zero-order valence-electron chi connectivity index (χ0n) is 9.43. The van der Waals surface area contributed by atoms with Gasteiger partial charge in [-0.25, -0.2) is 4.39 Å². The molecule has 1 aromatic rings. The first-order valence-corrected chi connectivity index (χ1v) is 5.09. The summed E-state index contributed by atoms with van der Waals surface area (Å²) < 4.78 is 55.1. The Morgan fingerprint density at radius 1 is 1.24 bits per heavy atom. The van der Waals surface area contributed by atoms with Crippen molar-refractivity contribution in [2.45, 2.75) is 12.8 Å². The fourth-order valence-corrected chi connectivity index (χ4v) is 1.36. The van der Waals surface area contributed by atoms with E-state index in [9.17, 15) is 17.3 Å². The molecule has 0 amide bonds. The number of ether oxygens (including phenoxy) is 1. The Morgan fingerprint density at radius 3 is 2.35 bits per heavy atom. The zero-order chi connectivity index (χ0) is 11.8. The van der Waals surface area contributed by atoms with Crippen molar-refractivity contribution < 1.29 is 73.5 Å². The van der Waals surface area contributed by atoms with Crippen LogP contribution in [0.4, 0.5) is 17.3 Å². The molecule has 1 aromatic carbocycles. The molecule has 1 fully saturated rings. The summed E-state index contributed by atoms with van der Waals surface area (Å²) in [4.78, 5) is 0. The van der Waals surface area contributed by atoms with E-state index in [0.717, 1.165) is 31.0 Å². The van der Waals surface area contributed by atoms with Crippen LogP contribution in [0.25, 0.3) is 0 Å². The van der Waals surface area contributed by atoms with Gasteiger partial charge in [-0.2, -0.15) is 0 Å². The maximum atomic E-state index is 13.1. The Balaban J connectivity index is 0.00000144. The van der Waals surface area contributed by atoms with Gasteiger partial charge in [-0.15, -0.1) is 0 Å². The summed E-state index contributed by atoms with van der Waals surface area (Å²) in [6, 6.07) is 2.69. The molecule has 17 heavy (non-hydrogen) atoms. The van der Waals surface area contributed by atoms with Gasteiger partial charge in [-0.05, 0) is 24.8 Å². The molecule has 7 heteroatoms. The predicted molar refractivity (Wildman–Crippen MR) is 53.3 cm³/mol. The van der Waals surface area contributed by atoms with Gasteiger partial charge in [0.2, 0.25) is 0 Å². The van der Waals surface area contributed by atoms with Crippen LogP contribution in [0.1, 0.15) is 12.8 Å². The molecule has 1 aliphatic rings. The van der Waals surface area contributed by atoms with Crippen molar-refractivity contribution in [1.82, 2.24) is 0 Å². The van der Waals surface area contributed by atoms with Crippen LogP contribution in [0.2, 0.25) is 0 Å². The van der Waals surface area contributed by atoms with Gasteiger partial charge in [0.15, 0.2) is 0 Å². The first-order valence-electron chi connectivity index (χ1n) is 5.09. The second-order valence-corrected chi connectivity index (χ2v) is 4.01. The molecule has 0 unspecified atom stereocenters. The fraction of sp³-hybridized carbons (Fsp3) is 0.400. The van der Waals surface area contributed by atoms with E-state index in [4.69, 9.17) is 4.74 Å². The summed E-state index contributed by atoms with van der Waals surface area (Å²) in [5.41, 5.74) is -1.20. The molecule has 0 bridgehead atoms. The summed E-state index contributed by atoms with van der Waals surface area (Å²) in [5, 5.41) is 0. The normalized spacial score (nSPS) is 15.3. The molecule has 1 saturated carbocycles. The van der Waals surface area contributed by atoms with Crippen LogP contribution in [-0.4, -0.2) is 13.6 Å². The number of benzene rings is 1. The summed E-state index contributed by atoms with van der Waals surface area (Å²) in [7, 11) is 0. The van der Waals surface area contributed by atoms with Crippen molar-refractivity contribution in [1.29, 1.82) is 0 Å². The summed E-state index contributed by atoms with van der Waals surface area (Å²) in [5.74, 6) is -0.622. The topological polar surface area (TPSA) is 9.23 Å². The molecule has 1 aliphatic carbocycles. The first kappa shape index (κ1) is 15.5. The van der Waals surface area contributed by atoms with E-state index in [1.165, 1.54) is 0 Å². The van der Waals surface area contributed by atoms with Crippen molar-refractivity contribution >= 4 is 12.4 Å². The maximum absolute atomic E-state index is 13.1. The minimum Gasteiger partial charge on any atom is -0.493 e. The largest absolute Gasteiger partial charge is 1.00 e. The molecule has 0 heterocycles. The van der Waals surface area contributed by atoms with Crippen LogP contribution < -0.4 is 61.6 Å². The molecule has 0 radical (unpaired) electrons. The number of hydrogen-bond acceptors (Lipinski definition) is 1. The monoisotopic (exact) mass is 272 g/mol. The molecule has 0 aliphatic heterocycles. The molecule has 0 spiro atoms. The van der Waals surface area contributed by atoms with Crippen molar-refractivity contribution in [3.8, 4) is 5.75 Å². The Hall–Kier alpha value is 0.441. The molecular formula is C10H10BF4KO. The minimum absolute atomic E-state index is 0. The van der Waals surface area contributed by atoms with Crippen molar-refractivity contribution in [3.63, 3.8) is 0 Å². The van der Waals surface area contributed by atoms with E-state index in [-0.39, 0.29) is 57.1 Å². The Labute approximate surface area is 139 Å².